The van der Waals surface area contributed by atoms with Gasteiger partial charge in [-0.1, -0.05) is 214 Å². The molecule has 0 N–H and O–H groups in total. The average molecular weight is 716 g/mol. The lowest BCUT2D eigenvalue weighted by atomic mass is 10.2. The van der Waals surface area contributed by atoms with E-state index in [-0.39, 0.29) is 0 Å². The molecule has 5 aromatic rings. The van der Waals surface area contributed by atoms with Gasteiger partial charge >= 0.3 is 0 Å². The summed E-state index contributed by atoms with van der Waals surface area (Å²) in [7, 11) is -3.45. The lowest BCUT2D eigenvalue weighted by molar-refractivity contribution is 0.800. The van der Waals surface area contributed by atoms with E-state index in [0.717, 1.165) is 0 Å². The maximum Gasteiger partial charge on any atom is 0.0867 e. The van der Waals surface area contributed by atoms with Crippen molar-refractivity contribution in [3.8, 4) is 0 Å². The molecule has 0 aliphatic carbocycles. The largest absolute Gasteiger partial charge is 0.313 e. The van der Waals surface area contributed by atoms with Gasteiger partial charge in [0.2, 0.25) is 0 Å². The van der Waals surface area contributed by atoms with E-state index in [1.165, 1.54) is 106 Å². The van der Waals surface area contributed by atoms with E-state index in [0.29, 0.717) is 0 Å². The predicted octanol–water partition coefficient (Wildman–Crippen LogP) is 11.9. The molecule has 5 aromatic carbocycles. The van der Waals surface area contributed by atoms with Crippen LogP contribution in [0.3, 0.4) is 0 Å². The van der Waals surface area contributed by atoms with Crippen molar-refractivity contribution >= 4 is 56.3 Å². The number of nitrogens with zero attached hydrogens (tertiary/aromatic N) is 1. The summed E-state index contributed by atoms with van der Waals surface area (Å²) in [4.78, 5) is 0. The monoisotopic (exact) mass is 715 g/mol. The summed E-state index contributed by atoms with van der Waals surface area (Å²) in [6.45, 7) is 15.9. The first-order chi connectivity index (χ1) is 24.3. The molecule has 0 heterocycles. The van der Waals surface area contributed by atoms with Crippen LogP contribution < -0.4 is 30.8 Å². The Kier molecular flexibility index (Phi) is 14.1. The van der Waals surface area contributed by atoms with Gasteiger partial charge in [-0.25, -0.2) is 0 Å². The van der Waals surface area contributed by atoms with Crippen LogP contribution >= 0.6 is 16.1 Å². The highest BCUT2D eigenvalue weighted by molar-refractivity contribution is 7.90. The van der Waals surface area contributed by atoms with Gasteiger partial charge in [-0.15, -0.1) is 0 Å². The minimum absolute atomic E-state index is 0.910. The maximum atomic E-state index is 2.85. The van der Waals surface area contributed by atoms with Crippen molar-refractivity contribution in [2.75, 3.05) is 4.44 Å². The molecular weight excluding hydrogens is 657 g/mol. The SMILES string of the molecule is CCCC[Si](CCCC)(CCCC)c1ccc(N(P(c2ccc(C)cc2)c2ccc(C)cc2)P(c2ccc(C)cc2)c2ccc(C)cc2)cc1. The number of benzene rings is 5. The zero-order chi connectivity index (χ0) is 35.5. The standard InChI is InChI=1S/C46H59NP2Si/c1-8-11-34-50(35-12-9-2,36-13-10-3)46-32-22-41(23-33-46)47(48(42-24-14-37(4)15-25-42)43-26-16-38(5)17-27-43)49(44-28-18-39(6)19-29-44)45-30-20-40(7)21-31-45/h14-33H,8-13,34-36H2,1-7H3. The summed E-state index contributed by atoms with van der Waals surface area (Å²) < 4.78 is 2.85. The first-order valence-electron chi connectivity index (χ1n) is 19.1. The van der Waals surface area contributed by atoms with Crippen LogP contribution in [0.1, 0.15) is 81.5 Å². The highest BCUT2D eigenvalue weighted by Gasteiger charge is 2.35. The molecule has 0 saturated carbocycles. The van der Waals surface area contributed by atoms with Crippen LogP contribution in [0.5, 0.6) is 0 Å². The molecule has 0 aromatic heterocycles. The van der Waals surface area contributed by atoms with E-state index >= 15 is 0 Å². The van der Waals surface area contributed by atoms with Gasteiger partial charge in [-0.3, -0.25) is 0 Å². The number of unbranched alkanes of at least 4 members (excludes halogenated alkanes) is 3. The molecule has 0 saturated heterocycles. The fraction of sp³-hybridized carbons (Fsp3) is 0.348. The highest BCUT2D eigenvalue weighted by Crippen LogP contribution is 2.57. The van der Waals surface area contributed by atoms with E-state index in [9.17, 15) is 0 Å². The molecule has 50 heavy (non-hydrogen) atoms. The third-order valence-electron chi connectivity index (χ3n) is 10.2. The van der Waals surface area contributed by atoms with Gasteiger partial charge in [-0.2, -0.15) is 0 Å². The number of hydrogen-bond acceptors (Lipinski definition) is 1. The Morgan fingerprint density at radius 1 is 0.400 bits per heavy atom. The summed E-state index contributed by atoms with van der Waals surface area (Å²) in [5.74, 6) is 0. The Hall–Kier alpha value is -3.02. The summed E-state index contributed by atoms with van der Waals surface area (Å²) in [5.41, 5.74) is 6.54. The van der Waals surface area contributed by atoms with Crippen LogP contribution in [0.2, 0.25) is 18.1 Å². The van der Waals surface area contributed by atoms with Crippen LogP contribution in [-0.2, 0) is 0 Å². The smallest absolute Gasteiger partial charge is 0.0867 e. The minimum atomic E-state index is -1.64. The second-order valence-electron chi connectivity index (χ2n) is 14.4. The topological polar surface area (TPSA) is 3.24 Å². The molecular formula is C46H59NP2Si. The molecule has 5 rings (SSSR count). The van der Waals surface area contributed by atoms with Crippen LogP contribution in [0.25, 0.3) is 0 Å². The highest BCUT2D eigenvalue weighted by atomic mass is 31.2. The Morgan fingerprint density at radius 3 is 0.940 bits per heavy atom. The summed E-state index contributed by atoms with van der Waals surface area (Å²) in [5, 5.41) is 7.25. The Balaban J connectivity index is 1.76. The van der Waals surface area contributed by atoms with Crippen molar-refractivity contribution in [3.63, 3.8) is 0 Å². The maximum absolute atomic E-state index is 2.85. The van der Waals surface area contributed by atoms with Crippen molar-refractivity contribution in [2.24, 2.45) is 0 Å². The van der Waals surface area contributed by atoms with Gasteiger partial charge in [0.25, 0.3) is 0 Å². The van der Waals surface area contributed by atoms with E-state index in [4.69, 9.17) is 0 Å². The first-order valence-corrected chi connectivity index (χ1v) is 24.3. The molecule has 262 valence electrons. The van der Waals surface area contributed by atoms with E-state index in [1.54, 1.807) is 5.19 Å². The summed E-state index contributed by atoms with van der Waals surface area (Å²) >= 11 is 0. The Labute approximate surface area is 308 Å². The molecule has 0 aliphatic rings. The average Bonchev–Trinajstić information content (AvgIpc) is 3.14. The van der Waals surface area contributed by atoms with Gasteiger partial charge in [-0.05, 0) is 39.8 Å². The van der Waals surface area contributed by atoms with E-state index in [2.05, 4.69) is 174 Å². The molecule has 0 atom stereocenters. The second kappa shape index (κ2) is 18.5. The van der Waals surface area contributed by atoms with E-state index < -0.39 is 24.2 Å². The van der Waals surface area contributed by atoms with E-state index in [1.807, 2.05) is 0 Å². The number of hydrogen-bond donors (Lipinski definition) is 0. The van der Waals surface area contributed by atoms with Crippen LogP contribution in [0.4, 0.5) is 5.69 Å². The summed E-state index contributed by atoms with van der Waals surface area (Å²) in [6.07, 6.45) is 7.92. The van der Waals surface area contributed by atoms with Crippen molar-refractivity contribution in [3.05, 3.63) is 144 Å². The molecule has 0 fully saturated rings. The van der Waals surface area contributed by atoms with Crippen molar-refractivity contribution in [1.29, 1.82) is 0 Å². The fourth-order valence-corrected chi connectivity index (χ4v) is 18.6. The predicted molar refractivity (Wildman–Crippen MR) is 231 cm³/mol. The third-order valence-corrected chi connectivity index (χ3v) is 21.2. The number of aryl methyl sites for hydroxylation is 4. The molecule has 1 nitrogen and oxygen atoms in total. The Bertz CT molecular complexity index is 1520. The molecule has 0 amide bonds. The number of rotatable bonds is 17. The summed E-state index contributed by atoms with van der Waals surface area (Å²) in [6, 6.07) is 52.0. The zero-order valence-corrected chi connectivity index (χ0v) is 34.5. The van der Waals surface area contributed by atoms with Crippen LogP contribution in [0.15, 0.2) is 121 Å². The normalized spacial score (nSPS) is 11.8. The molecule has 4 heteroatoms. The lowest BCUT2D eigenvalue weighted by Gasteiger charge is -2.41. The van der Waals surface area contributed by atoms with Gasteiger partial charge in [0.1, 0.15) is 0 Å². The third kappa shape index (κ3) is 9.44. The Morgan fingerprint density at radius 2 is 0.680 bits per heavy atom. The first kappa shape index (κ1) is 38.2. The number of anilines is 1. The molecule has 0 aliphatic heterocycles. The molecule has 0 bridgehead atoms. The quantitative estimate of drug-likeness (QED) is 0.0684. The van der Waals surface area contributed by atoms with Crippen LogP contribution in [-0.4, -0.2) is 8.07 Å². The second-order valence-corrected chi connectivity index (χ2v) is 23.5. The molecule has 0 spiro atoms. The van der Waals surface area contributed by atoms with Gasteiger partial charge < -0.3 is 4.44 Å². The van der Waals surface area contributed by atoms with Crippen LogP contribution in [0, 0.1) is 27.7 Å². The minimum Gasteiger partial charge on any atom is -0.313 e. The van der Waals surface area contributed by atoms with Gasteiger partial charge in [0, 0.05) is 26.9 Å². The van der Waals surface area contributed by atoms with Gasteiger partial charge in [0.05, 0.1) is 24.2 Å². The van der Waals surface area contributed by atoms with Crippen molar-refractivity contribution in [2.45, 2.75) is 105 Å². The molecule has 0 unspecified atom stereocenters. The zero-order valence-electron chi connectivity index (χ0n) is 31.8. The van der Waals surface area contributed by atoms with Crippen molar-refractivity contribution < 1.29 is 0 Å². The van der Waals surface area contributed by atoms with Gasteiger partial charge in [0.15, 0.2) is 0 Å². The molecule has 0 radical (unpaired) electrons. The fourth-order valence-electron chi connectivity index (χ4n) is 7.10. The van der Waals surface area contributed by atoms with Crippen molar-refractivity contribution in [1.82, 2.24) is 0 Å². The lowest BCUT2D eigenvalue weighted by Crippen LogP contribution is -2.47.